The maximum atomic E-state index is 12.5. The quantitative estimate of drug-likeness (QED) is 0.712. The van der Waals surface area contributed by atoms with Crippen molar-refractivity contribution in [3.05, 3.63) is 50.4 Å². The Morgan fingerprint density at radius 1 is 1.05 bits per heavy atom. The first-order valence-electron chi connectivity index (χ1n) is 6.05. The van der Waals surface area contributed by atoms with Crippen LogP contribution in [0.25, 0.3) is 0 Å². The Kier molecular flexibility index (Phi) is 4.65. The number of benzene rings is 2. The fourth-order valence-electron chi connectivity index (χ4n) is 1.78. The van der Waals surface area contributed by atoms with E-state index in [1.54, 1.807) is 30.3 Å². The van der Waals surface area contributed by atoms with Crippen LogP contribution in [0.4, 0.5) is 11.4 Å². The van der Waals surface area contributed by atoms with Crippen LogP contribution in [0.2, 0.25) is 0 Å². The highest BCUT2D eigenvalue weighted by molar-refractivity contribution is 9.11. The molecule has 2 rings (SSSR count). The van der Waals surface area contributed by atoms with Gasteiger partial charge in [-0.05, 0) is 65.2 Å². The Balaban J connectivity index is 2.44. The summed E-state index contributed by atoms with van der Waals surface area (Å²) < 4.78 is 28.8. The van der Waals surface area contributed by atoms with Gasteiger partial charge < -0.3 is 5.73 Å². The third-order valence-electron chi connectivity index (χ3n) is 3.11. The number of nitrogens with two attached hydrogens (primary N) is 1. The van der Waals surface area contributed by atoms with Crippen molar-refractivity contribution in [1.29, 1.82) is 0 Å². The molecule has 112 valence electrons. The Morgan fingerprint density at radius 3 is 2.29 bits per heavy atom. The zero-order valence-corrected chi connectivity index (χ0v) is 15.4. The van der Waals surface area contributed by atoms with Crippen molar-refractivity contribution in [2.75, 3.05) is 10.5 Å². The molecule has 0 saturated heterocycles. The molecule has 0 amide bonds. The minimum Gasteiger partial charge on any atom is -0.397 e. The largest absolute Gasteiger partial charge is 0.397 e. The molecule has 0 heterocycles. The fraction of sp³-hybridized carbons (Fsp3) is 0.143. The Bertz CT molecular complexity index is 782. The second-order valence-corrected chi connectivity index (χ2v) is 8.16. The number of anilines is 2. The van der Waals surface area contributed by atoms with Gasteiger partial charge in [-0.15, -0.1) is 0 Å². The lowest BCUT2D eigenvalue weighted by Gasteiger charge is -2.13. The molecule has 0 aromatic heterocycles. The minimum atomic E-state index is -3.69. The van der Waals surface area contributed by atoms with Crippen LogP contribution in [-0.2, 0) is 10.0 Å². The van der Waals surface area contributed by atoms with Crippen molar-refractivity contribution in [3.8, 4) is 0 Å². The maximum absolute atomic E-state index is 12.5. The summed E-state index contributed by atoms with van der Waals surface area (Å²) in [5, 5.41) is 0. The van der Waals surface area contributed by atoms with Crippen molar-refractivity contribution in [2.24, 2.45) is 0 Å². The van der Waals surface area contributed by atoms with Gasteiger partial charge in [0.15, 0.2) is 0 Å². The van der Waals surface area contributed by atoms with Gasteiger partial charge in [-0.3, -0.25) is 4.72 Å². The SMILES string of the molecule is Cc1ccc(S(=O)(=O)Nc2c(N)cc(Br)cc2Br)cc1C. The fourth-order valence-corrected chi connectivity index (χ4v) is 4.46. The van der Waals surface area contributed by atoms with Gasteiger partial charge in [0.1, 0.15) is 0 Å². The maximum Gasteiger partial charge on any atom is 0.262 e. The van der Waals surface area contributed by atoms with E-state index < -0.39 is 10.0 Å². The second kappa shape index (κ2) is 5.98. The lowest BCUT2D eigenvalue weighted by molar-refractivity contribution is 0.601. The first-order valence-corrected chi connectivity index (χ1v) is 9.12. The van der Waals surface area contributed by atoms with Crippen molar-refractivity contribution in [2.45, 2.75) is 18.7 Å². The molecule has 3 N–H and O–H groups in total. The molecule has 7 heteroatoms. The lowest BCUT2D eigenvalue weighted by Crippen LogP contribution is -2.15. The van der Waals surface area contributed by atoms with Crippen molar-refractivity contribution < 1.29 is 8.42 Å². The molecule has 0 aliphatic heterocycles. The number of halogens is 2. The first kappa shape index (κ1) is 16.3. The first-order chi connectivity index (χ1) is 9.70. The van der Waals surface area contributed by atoms with Gasteiger partial charge in [0.05, 0.1) is 16.3 Å². The molecular formula is C14H14Br2N2O2S. The Hall–Kier alpha value is -1.05. The number of nitrogens with one attached hydrogen (secondary N) is 1. The normalized spacial score (nSPS) is 11.4. The molecule has 0 unspecified atom stereocenters. The van der Waals surface area contributed by atoms with Gasteiger partial charge in [-0.25, -0.2) is 8.42 Å². The summed E-state index contributed by atoms with van der Waals surface area (Å²) in [4.78, 5) is 0.208. The molecule has 0 fully saturated rings. The molecule has 4 nitrogen and oxygen atoms in total. The Labute approximate surface area is 141 Å². The molecule has 0 aliphatic carbocycles. The van der Waals surface area contributed by atoms with E-state index >= 15 is 0 Å². The van der Waals surface area contributed by atoms with E-state index in [-0.39, 0.29) is 4.90 Å². The number of hydrogen-bond donors (Lipinski definition) is 2. The van der Waals surface area contributed by atoms with E-state index in [0.29, 0.717) is 15.8 Å². The predicted octanol–water partition coefficient (Wildman–Crippen LogP) is 4.21. The van der Waals surface area contributed by atoms with Crippen LogP contribution < -0.4 is 10.5 Å². The van der Waals surface area contributed by atoms with Gasteiger partial charge >= 0.3 is 0 Å². The zero-order valence-electron chi connectivity index (χ0n) is 11.4. The van der Waals surface area contributed by atoms with Crippen LogP contribution in [0, 0.1) is 13.8 Å². The van der Waals surface area contributed by atoms with Crippen molar-refractivity contribution in [3.63, 3.8) is 0 Å². The summed E-state index contributed by atoms with van der Waals surface area (Å²) >= 11 is 6.61. The van der Waals surface area contributed by atoms with Crippen molar-refractivity contribution in [1.82, 2.24) is 0 Å². The summed E-state index contributed by atoms with van der Waals surface area (Å²) in [6.07, 6.45) is 0. The van der Waals surface area contributed by atoms with Gasteiger partial charge in [0.2, 0.25) is 0 Å². The summed E-state index contributed by atoms with van der Waals surface area (Å²) in [5.41, 5.74) is 8.50. The molecule has 0 atom stereocenters. The van der Waals surface area contributed by atoms with Crippen LogP contribution in [0.15, 0.2) is 44.2 Å². The molecule has 2 aromatic rings. The van der Waals surface area contributed by atoms with E-state index in [1.165, 1.54) is 0 Å². The molecular weight excluding hydrogens is 420 g/mol. The molecule has 2 aromatic carbocycles. The van der Waals surface area contributed by atoms with Crippen LogP contribution in [0.3, 0.4) is 0 Å². The van der Waals surface area contributed by atoms with Gasteiger partial charge in [0, 0.05) is 8.95 Å². The third kappa shape index (κ3) is 3.59. The summed E-state index contributed by atoms with van der Waals surface area (Å²) in [7, 11) is -3.69. The smallest absolute Gasteiger partial charge is 0.262 e. The van der Waals surface area contributed by atoms with Gasteiger partial charge in [0.25, 0.3) is 10.0 Å². The minimum absolute atomic E-state index is 0.208. The third-order valence-corrected chi connectivity index (χ3v) is 5.54. The molecule has 0 bridgehead atoms. The number of sulfonamides is 1. The zero-order chi connectivity index (χ0) is 15.8. The standard InChI is InChI=1S/C14H14Br2N2O2S/c1-8-3-4-11(5-9(8)2)21(19,20)18-14-12(16)6-10(15)7-13(14)17/h3-7,18H,17H2,1-2H3. The molecule has 0 aliphatic rings. The highest BCUT2D eigenvalue weighted by Gasteiger charge is 2.18. The molecule has 21 heavy (non-hydrogen) atoms. The summed E-state index contributed by atoms with van der Waals surface area (Å²) in [6, 6.07) is 8.37. The highest BCUT2D eigenvalue weighted by Crippen LogP contribution is 2.34. The lowest BCUT2D eigenvalue weighted by atomic mass is 10.1. The molecule has 0 spiro atoms. The van der Waals surface area contributed by atoms with E-state index in [2.05, 4.69) is 36.6 Å². The highest BCUT2D eigenvalue weighted by atomic mass is 79.9. The van der Waals surface area contributed by atoms with Crippen LogP contribution in [0.1, 0.15) is 11.1 Å². The van der Waals surface area contributed by atoms with Crippen LogP contribution in [-0.4, -0.2) is 8.42 Å². The Morgan fingerprint density at radius 2 is 1.71 bits per heavy atom. The van der Waals surface area contributed by atoms with E-state index in [1.807, 2.05) is 13.8 Å². The average molecular weight is 434 g/mol. The summed E-state index contributed by atoms with van der Waals surface area (Å²) in [5.74, 6) is 0. The second-order valence-electron chi connectivity index (χ2n) is 4.70. The van der Waals surface area contributed by atoms with Crippen LogP contribution >= 0.6 is 31.9 Å². The number of nitrogen functional groups attached to an aromatic ring is 1. The number of aryl methyl sites for hydroxylation is 2. The van der Waals surface area contributed by atoms with Gasteiger partial charge in [-0.1, -0.05) is 22.0 Å². The van der Waals surface area contributed by atoms with Crippen LogP contribution in [0.5, 0.6) is 0 Å². The predicted molar refractivity (Wildman–Crippen MR) is 93.0 cm³/mol. The van der Waals surface area contributed by atoms with Crippen molar-refractivity contribution >= 4 is 53.3 Å². The molecule has 0 saturated carbocycles. The summed E-state index contributed by atoms with van der Waals surface area (Å²) in [6.45, 7) is 3.81. The van der Waals surface area contributed by atoms with E-state index in [4.69, 9.17) is 5.73 Å². The van der Waals surface area contributed by atoms with E-state index in [9.17, 15) is 8.42 Å². The molecule has 0 radical (unpaired) electrons. The van der Waals surface area contributed by atoms with Gasteiger partial charge in [-0.2, -0.15) is 0 Å². The van der Waals surface area contributed by atoms with E-state index in [0.717, 1.165) is 15.6 Å². The average Bonchev–Trinajstić information content (AvgIpc) is 2.37. The topological polar surface area (TPSA) is 72.2 Å². The number of hydrogen-bond acceptors (Lipinski definition) is 3. The monoisotopic (exact) mass is 432 g/mol. The number of rotatable bonds is 3.